The fourth-order valence-corrected chi connectivity index (χ4v) is 2.05. The van der Waals surface area contributed by atoms with Crippen LogP contribution in [0.2, 0.25) is 5.15 Å². The number of pyridine rings is 1. The smallest absolute Gasteiger partial charge is 0.230 e. The SMILES string of the molecule is CCOOCc1nc(-c2cnc(Cl)cc2NC(C)C)oc1C. The lowest BCUT2D eigenvalue weighted by Gasteiger charge is -2.12. The average molecular weight is 326 g/mol. The average Bonchev–Trinajstić information content (AvgIpc) is 2.80. The van der Waals surface area contributed by atoms with Crippen molar-refractivity contribution in [2.75, 3.05) is 11.9 Å². The number of hydrogen-bond acceptors (Lipinski definition) is 6. The molecule has 0 unspecified atom stereocenters. The Kier molecular flexibility index (Phi) is 5.76. The van der Waals surface area contributed by atoms with Gasteiger partial charge in [-0.25, -0.2) is 19.7 Å². The van der Waals surface area contributed by atoms with Gasteiger partial charge in [0.2, 0.25) is 5.89 Å². The highest BCUT2D eigenvalue weighted by Gasteiger charge is 2.16. The maximum Gasteiger partial charge on any atom is 0.230 e. The summed E-state index contributed by atoms with van der Waals surface area (Å²) in [4.78, 5) is 18.5. The van der Waals surface area contributed by atoms with Crippen LogP contribution in [0.4, 0.5) is 5.69 Å². The van der Waals surface area contributed by atoms with E-state index in [1.54, 1.807) is 12.3 Å². The molecule has 0 aliphatic heterocycles. The maximum atomic E-state index is 5.97. The zero-order valence-corrected chi connectivity index (χ0v) is 13.9. The fraction of sp³-hybridized carbons (Fsp3) is 0.467. The predicted molar refractivity (Wildman–Crippen MR) is 84.7 cm³/mol. The van der Waals surface area contributed by atoms with Crippen LogP contribution in [0.1, 0.15) is 32.2 Å². The molecule has 0 aromatic carbocycles. The molecule has 0 radical (unpaired) electrons. The van der Waals surface area contributed by atoms with Gasteiger partial charge in [-0.3, -0.25) is 0 Å². The Labute approximate surface area is 134 Å². The highest BCUT2D eigenvalue weighted by molar-refractivity contribution is 6.29. The Morgan fingerprint density at radius 1 is 1.36 bits per heavy atom. The summed E-state index contributed by atoms with van der Waals surface area (Å²) in [5.74, 6) is 1.15. The third kappa shape index (κ3) is 4.19. The topological polar surface area (TPSA) is 69.4 Å². The van der Waals surface area contributed by atoms with Gasteiger partial charge in [0.1, 0.15) is 23.2 Å². The van der Waals surface area contributed by atoms with Gasteiger partial charge in [0.25, 0.3) is 0 Å². The predicted octanol–water partition coefficient (Wildman–Crippen LogP) is 3.99. The van der Waals surface area contributed by atoms with E-state index < -0.39 is 0 Å². The van der Waals surface area contributed by atoms with Crippen LogP contribution in [0.25, 0.3) is 11.5 Å². The van der Waals surface area contributed by atoms with Crippen molar-refractivity contribution in [3.05, 3.63) is 28.9 Å². The lowest BCUT2D eigenvalue weighted by Crippen LogP contribution is -2.10. The second kappa shape index (κ2) is 7.58. The van der Waals surface area contributed by atoms with Crippen LogP contribution in [-0.4, -0.2) is 22.6 Å². The van der Waals surface area contributed by atoms with Gasteiger partial charge in [-0.1, -0.05) is 11.6 Å². The van der Waals surface area contributed by atoms with E-state index in [1.165, 1.54) is 0 Å². The molecule has 0 atom stereocenters. The van der Waals surface area contributed by atoms with Gasteiger partial charge in [-0.05, 0) is 33.8 Å². The summed E-state index contributed by atoms with van der Waals surface area (Å²) < 4.78 is 5.72. The Balaban J connectivity index is 2.29. The van der Waals surface area contributed by atoms with Crippen molar-refractivity contribution in [1.29, 1.82) is 0 Å². The minimum absolute atomic E-state index is 0.233. The van der Waals surface area contributed by atoms with Crippen molar-refractivity contribution in [3.8, 4) is 11.5 Å². The first kappa shape index (κ1) is 16.7. The molecule has 0 amide bonds. The van der Waals surface area contributed by atoms with Crippen LogP contribution in [-0.2, 0) is 16.4 Å². The van der Waals surface area contributed by atoms with Gasteiger partial charge in [-0.15, -0.1) is 0 Å². The molecular formula is C15H20ClN3O3. The van der Waals surface area contributed by atoms with Crippen molar-refractivity contribution in [2.45, 2.75) is 40.3 Å². The summed E-state index contributed by atoms with van der Waals surface area (Å²) in [7, 11) is 0. The van der Waals surface area contributed by atoms with E-state index in [2.05, 4.69) is 15.3 Å². The van der Waals surface area contributed by atoms with Gasteiger partial charge < -0.3 is 9.73 Å². The Morgan fingerprint density at radius 3 is 2.82 bits per heavy atom. The van der Waals surface area contributed by atoms with Gasteiger partial charge in [0, 0.05) is 12.2 Å². The minimum atomic E-state index is 0.233. The fourth-order valence-electron chi connectivity index (χ4n) is 1.89. The zero-order chi connectivity index (χ0) is 16.1. The highest BCUT2D eigenvalue weighted by Crippen LogP contribution is 2.30. The normalized spacial score (nSPS) is 11.2. The van der Waals surface area contributed by atoms with Crippen molar-refractivity contribution in [2.24, 2.45) is 0 Å². The summed E-state index contributed by atoms with van der Waals surface area (Å²) in [5, 5.41) is 3.73. The summed E-state index contributed by atoms with van der Waals surface area (Å²) >= 11 is 5.97. The molecule has 0 spiro atoms. The second-order valence-corrected chi connectivity index (χ2v) is 5.43. The van der Waals surface area contributed by atoms with E-state index in [0.717, 1.165) is 11.3 Å². The lowest BCUT2D eigenvalue weighted by molar-refractivity contribution is -0.301. The van der Waals surface area contributed by atoms with Gasteiger partial charge in [0.15, 0.2) is 0 Å². The molecule has 0 aliphatic rings. The molecule has 120 valence electrons. The molecule has 2 rings (SSSR count). The number of nitrogens with one attached hydrogen (secondary N) is 1. The standard InChI is InChI=1S/C15H20ClN3O3/c1-5-20-21-8-13-10(4)22-15(19-13)11-7-17-14(16)6-12(11)18-9(2)3/h6-7,9H,5,8H2,1-4H3,(H,17,18). The maximum absolute atomic E-state index is 5.97. The van der Waals surface area contributed by atoms with Crippen molar-refractivity contribution >= 4 is 17.3 Å². The summed E-state index contributed by atoms with van der Waals surface area (Å²) in [6.45, 7) is 8.48. The number of aromatic nitrogens is 2. The lowest BCUT2D eigenvalue weighted by atomic mass is 10.2. The summed E-state index contributed by atoms with van der Waals surface area (Å²) in [5.41, 5.74) is 2.27. The molecule has 0 aliphatic carbocycles. The molecule has 22 heavy (non-hydrogen) atoms. The van der Waals surface area contributed by atoms with Crippen LogP contribution in [0.15, 0.2) is 16.7 Å². The van der Waals surface area contributed by atoms with Crippen LogP contribution in [0, 0.1) is 6.92 Å². The molecular weight excluding hydrogens is 306 g/mol. The monoisotopic (exact) mass is 325 g/mol. The largest absolute Gasteiger partial charge is 0.441 e. The molecule has 0 bridgehead atoms. The Hall–Kier alpha value is -1.63. The van der Waals surface area contributed by atoms with E-state index in [4.69, 9.17) is 25.8 Å². The van der Waals surface area contributed by atoms with E-state index >= 15 is 0 Å². The minimum Gasteiger partial charge on any atom is -0.441 e. The third-order valence-electron chi connectivity index (χ3n) is 2.83. The van der Waals surface area contributed by atoms with Crippen LogP contribution in [0.5, 0.6) is 0 Å². The number of aryl methyl sites for hydroxylation is 1. The first-order chi connectivity index (χ1) is 10.5. The highest BCUT2D eigenvalue weighted by atomic mass is 35.5. The molecule has 2 heterocycles. The van der Waals surface area contributed by atoms with Crippen molar-refractivity contribution < 1.29 is 14.2 Å². The Bertz CT molecular complexity index is 628. The second-order valence-electron chi connectivity index (χ2n) is 5.04. The van der Waals surface area contributed by atoms with E-state index in [1.807, 2.05) is 27.7 Å². The van der Waals surface area contributed by atoms with Crippen LogP contribution >= 0.6 is 11.6 Å². The number of hydrogen-bond donors (Lipinski definition) is 1. The number of nitrogens with zero attached hydrogens (tertiary/aromatic N) is 2. The zero-order valence-electron chi connectivity index (χ0n) is 13.1. The van der Waals surface area contributed by atoms with Gasteiger partial charge in [0.05, 0.1) is 17.9 Å². The number of anilines is 1. The van der Waals surface area contributed by atoms with E-state index in [-0.39, 0.29) is 12.6 Å². The Morgan fingerprint density at radius 2 is 2.14 bits per heavy atom. The van der Waals surface area contributed by atoms with Gasteiger partial charge >= 0.3 is 0 Å². The quantitative estimate of drug-likeness (QED) is 0.359. The van der Waals surface area contributed by atoms with Gasteiger partial charge in [-0.2, -0.15) is 0 Å². The molecule has 2 aromatic rings. The van der Waals surface area contributed by atoms with Crippen LogP contribution in [0.3, 0.4) is 0 Å². The van der Waals surface area contributed by atoms with E-state index in [9.17, 15) is 0 Å². The number of oxazole rings is 1. The molecule has 7 heteroatoms. The molecule has 0 fully saturated rings. The molecule has 0 saturated heterocycles. The first-order valence-corrected chi connectivity index (χ1v) is 7.52. The number of rotatable bonds is 7. The summed E-state index contributed by atoms with van der Waals surface area (Å²) in [6.07, 6.45) is 1.64. The number of halogens is 1. The molecule has 1 N–H and O–H groups in total. The van der Waals surface area contributed by atoms with Crippen molar-refractivity contribution in [3.63, 3.8) is 0 Å². The summed E-state index contributed by atoms with van der Waals surface area (Å²) in [6, 6.07) is 2.00. The van der Waals surface area contributed by atoms with Crippen molar-refractivity contribution in [1.82, 2.24) is 9.97 Å². The molecule has 6 nitrogen and oxygen atoms in total. The van der Waals surface area contributed by atoms with Crippen LogP contribution < -0.4 is 5.32 Å². The first-order valence-electron chi connectivity index (χ1n) is 7.14. The molecule has 0 saturated carbocycles. The van der Waals surface area contributed by atoms with E-state index in [0.29, 0.717) is 29.1 Å². The third-order valence-corrected chi connectivity index (χ3v) is 3.04. The molecule has 2 aromatic heterocycles.